The summed E-state index contributed by atoms with van der Waals surface area (Å²) in [6.07, 6.45) is 4.53. The Morgan fingerprint density at radius 1 is 0.964 bits per heavy atom. The first kappa shape index (κ1) is 17.0. The number of thiazole rings is 1. The highest BCUT2D eigenvalue weighted by Gasteiger charge is 2.15. The van der Waals surface area contributed by atoms with Crippen molar-refractivity contribution in [1.82, 2.24) is 9.97 Å². The van der Waals surface area contributed by atoms with Crippen LogP contribution >= 0.6 is 11.3 Å². The zero-order valence-corrected chi connectivity index (χ0v) is 16.0. The second kappa shape index (κ2) is 7.48. The van der Waals surface area contributed by atoms with Crippen molar-refractivity contribution in [2.24, 2.45) is 0 Å². The van der Waals surface area contributed by atoms with E-state index in [-0.39, 0.29) is 0 Å². The van der Waals surface area contributed by atoms with Crippen LogP contribution in [0.3, 0.4) is 0 Å². The molecule has 2 aromatic carbocycles. The number of hydrogen-bond donors (Lipinski definition) is 1. The van der Waals surface area contributed by atoms with Gasteiger partial charge in [0.15, 0.2) is 16.6 Å². The van der Waals surface area contributed by atoms with E-state index >= 15 is 0 Å². The SMILES string of the molecule is c1cc(CNc2nc3ccc(-c4ccncc4)cc3s2)c2c(c1)OCCCO2. The third-order valence-corrected chi connectivity index (χ3v) is 5.66. The molecule has 0 saturated carbocycles. The molecular weight excluding hydrogens is 370 g/mol. The molecule has 2 aromatic heterocycles. The predicted molar refractivity (Wildman–Crippen MR) is 112 cm³/mol. The molecule has 5 nitrogen and oxygen atoms in total. The highest BCUT2D eigenvalue weighted by atomic mass is 32.1. The fourth-order valence-corrected chi connectivity index (χ4v) is 4.19. The van der Waals surface area contributed by atoms with E-state index in [2.05, 4.69) is 34.6 Å². The maximum Gasteiger partial charge on any atom is 0.184 e. The Labute approximate surface area is 167 Å². The summed E-state index contributed by atoms with van der Waals surface area (Å²) in [4.78, 5) is 8.80. The topological polar surface area (TPSA) is 56.3 Å². The molecule has 28 heavy (non-hydrogen) atoms. The molecular formula is C22H19N3O2S. The summed E-state index contributed by atoms with van der Waals surface area (Å²) in [5.41, 5.74) is 4.40. The number of benzene rings is 2. The van der Waals surface area contributed by atoms with Gasteiger partial charge in [-0.1, -0.05) is 29.5 Å². The molecule has 1 aliphatic rings. The van der Waals surface area contributed by atoms with E-state index in [1.807, 2.05) is 36.7 Å². The molecule has 0 unspecified atom stereocenters. The van der Waals surface area contributed by atoms with Crippen molar-refractivity contribution in [2.75, 3.05) is 18.5 Å². The Kier molecular flexibility index (Phi) is 4.54. The standard InChI is InChI=1S/C22H19N3O2S/c1-3-17(21-19(4-1)26-11-2-12-27-21)14-24-22-25-18-6-5-16(13-20(18)28-22)15-7-9-23-10-8-15/h1,3-10,13H,2,11-12,14H2,(H,24,25). The lowest BCUT2D eigenvalue weighted by Crippen LogP contribution is -2.03. The highest BCUT2D eigenvalue weighted by Crippen LogP contribution is 2.35. The third-order valence-electron chi connectivity index (χ3n) is 4.69. The smallest absolute Gasteiger partial charge is 0.184 e. The maximum atomic E-state index is 5.90. The highest BCUT2D eigenvalue weighted by molar-refractivity contribution is 7.22. The van der Waals surface area contributed by atoms with E-state index in [4.69, 9.17) is 14.5 Å². The minimum absolute atomic E-state index is 0.642. The lowest BCUT2D eigenvalue weighted by Gasteiger charge is -2.12. The van der Waals surface area contributed by atoms with Gasteiger partial charge in [-0.05, 0) is 41.5 Å². The number of para-hydroxylation sites is 1. The van der Waals surface area contributed by atoms with Crippen LogP contribution in [-0.4, -0.2) is 23.2 Å². The predicted octanol–water partition coefficient (Wildman–Crippen LogP) is 5.13. The van der Waals surface area contributed by atoms with Crippen LogP contribution < -0.4 is 14.8 Å². The van der Waals surface area contributed by atoms with E-state index in [9.17, 15) is 0 Å². The van der Waals surface area contributed by atoms with Crippen LogP contribution in [-0.2, 0) is 6.54 Å². The second-order valence-electron chi connectivity index (χ2n) is 6.59. The van der Waals surface area contributed by atoms with Crippen molar-refractivity contribution in [3.8, 4) is 22.6 Å². The summed E-state index contributed by atoms with van der Waals surface area (Å²) in [6.45, 7) is 2.02. The largest absolute Gasteiger partial charge is 0.490 e. The van der Waals surface area contributed by atoms with Gasteiger partial charge in [0.1, 0.15) is 0 Å². The number of nitrogens with one attached hydrogen (secondary N) is 1. The van der Waals surface area contributed by atoms with E-state index in [0.717, 1.165) is 44.4 Å². The number of fused-ring (bicyclic) bond motifs is 2. The first-order valence-corrected chi connectivity index (χ1v) is 10.1. The van der Waals surface area contributed by atoms with Crippen LogP contribution in [0.25, 0.3) is 21.3 Å². The minimum Gasteiger partial charge on any atom is -0.490 e. The molecule has 4 aromatic rings. The van der Waals surface area contributed by atoms with Gasteiger partial charge in [0.2, 0.25) is 0 Å². The van der Waals surface area contributed by atoms with E-state index in [1.165, 1.54) is 5.56 Å². The maximum absolute atomic E-state index is 5.90. The van der Waals surface area contributed by atoms with Gasteiger partial charge in [0.05, 0.1) is 23.4 Å². The van der Waals surface area contributed by atoms with Crippen LogP contribution in [0.5, 0.6) is 11.5 Å². The number of aromatic nitrogens is 2. The van der Waals surface area contributed by atoms with Crippen molar-refractivity contribution in [1.29, 1.82) is 0 Å². The summed E-state index contributed by atoms with van der Waals surface area (Å²) in [7, 11) is 0. The summed E-state index contributed by atoms with van der Waals surface area (Å²) in [5, 5.41) is 4.34. The summed E-state index contributed by atoms with van der Waals surface area (Å²) in [6, 6.07) is 16.4. The quantitative estimate of drug-likeness (QED) is 0.524. The summed E-state index contributed by atoms with van der Waals surface area (Å²) >= 11 is 1.66. The van der Waals surface area contributed by atoms with Crippen LogP contribution in [0.1, 0.15) is 12.0 Å². The number of pyridine rings is 1. The van der Waals surface area contributed by atoms with Gasteiger partial charge in [-0.2, -0.15) is 0 Å². The fraction of sp³-hybridized carbons (Fsp3) is 0.182. The number of rotatable bonds is 4. The first-order valence-electron chi connectivity index (χ1n) is 9.29. The fourth-order valence-electron chi connectivity index (χ4n) is 3.29. The van der Waals surface area contributed by atoms with Crippen molar-refractivity contribution < 1.29 is 9.47 Å². The molecule has 5 rings (SSSR count). The normalized spacial score (nSPS) is 13.3. The first-order chi connectivity index (χ1) is 13.9. The van der Waals surface area contributed by atoms with Gasteiger partial charge in [-0.3, -0.25) is 4.98 Å². The van der Waals surface area contributed by atoms with Gasteiger partial charge in [0.25, 0.3) is 0 Å². The van der Waals surface area contributed by atoms with Gasteiger partial charge in [0, 0.05) is 30.9 Å². The molecule has 1 aliphatic heterocycles. The van der Waals surface area contributed by atoms with Gasteiger partial charge >= 0.3 is 0 Å². The van der Waals surface area contributed by atoms with Crippen molar-refractivity contribution in [3.05, 3.63) is 66.5 Å². The average molecular weight is 389 g/mol. The number of hydrogen-bond acceptors (Lipinski definition) is 6. The second-order valence-corrected chi connectivity index (χ2v) is 7.62. The Morgan fingerprint density at radius 3 is 2.79 bits per heavy atom. The molecule has 0 atom stereocenters. The molecule has 6 heteroatoms. The molecule has 0 radical (unpaired) electrons. The Hall–Kier alpha value is -3.12. The van der Waals surface area contributed by atoms with Crippen LogP contribution in [0.2, 0.25) is 0 Å². The molecule has 0 spiro atoms. The molecule has 0 fully saturated rings. The average Bonchev–Trinajstić information content (AvgIpc) is 2.99. The Morgan fingerprint density at radius 2 is 1.86 bits per heavy atom. The summed E-state index contributed by atoms with van der Waals surface area (Å²) < 4.78 is 12.8. The lowest BCUT2D eigenvalue weighted by atomic mass is 10.1. The van der Waals surface area contributed by atoms with Gasteiger partial charge in [-0.25, -0.2) is 4.98 Å². The van der Waals surface area contributed by atoms with E-state index in [1.54, 1.807) is 11.3 Å². The molecule has 3 heterocycles. The van der Waals surface area contributed by atoms with Crippen LogP contribution in [0.15, 0.2) is 60.9 Å². The molecule has 0 aliphatic carbocycles. The molecule has 0 bridgehead atoms. The van der Waals surface area contributed by atoms with Crippen LogP contribution in [0, 0.1) is 0 Å². The zero-order valence-electron chi connectivity index (χ0n) is 15.2. The molecule has 0 amide bonds. The Balaban J connectivity index is 1.38. The van der Waals surface area contributed by atoms with E-state index < -0.39 is 0 Å². The zero-order chi connectivity index (χ0) is 18.8. The van der Waals surface area contributed by atoms with Crippen molar-refractivity contribution in [3.63, 3.8) is 0 Å². The third kappa shape index (κ3) is 3.39. The molecule has 140 valence electrons. The number of anilines is 1. The number of ether oxygens (including phenoxy) is 2. The Bertz CT molecular complexity index is 1110. The molecule has 1 N–H and O–H groups in total. The minimum atomic E-state index is 0.642. The van der Waals surface area contributed by atoms with Gasteiger partial charge in [-0.15, -0.1) is 0 Å². The molecule has 0 saturated heterocycles. The van der Waals surface area contributed by atoms with Crippen molar-refractivity contribution >= 4 is 26.7 Å². The lowest BCUT2D eigenvalue weighted by molar-refractivity contribution is 0.296. The van der Waals surface area contributed by atoms with Gasteiger partial charge < -0.3 is 14.8 Å². The monoisotopic (exact) mass is 389 g/mol. The number of nitrogens with zero attached hydrogens (tertiary/aromatic N) is 2. The van der Waals surface area contributed by atoms with Crippen LogP contribution in [0.4, 0.5) is 5.13 Å². The van der Waals surface area contributed by atoms with Crippen molar-refractivity contribution in [2.45, 2.75) is 13.0 Å². The summed E-state index contributed by atoms with van der Waals surface area (Å²) in [5.74, 6) is 1.66. The van der Waals surface area contributed by atoms with E-state index in [0.29, 0.717) is 19.8 Å².